The first kappa shape index (κ1) is 23.9. The number of aromatic amines is 1. The molecular formula is C29H25FN4O4. The zero-order chi connectivity index (χ0) is 26.2. The summed E-state index contributed by atoms with van der Waals surface area (Å²) in [5.41, 5.74) is 7.16. The number of fused-ring (bicyclic) bond motifs is 3. The first-order valence-electron chi connectivity index (χ1n) is 12.3. The molecular weight excluding hydrogens is 487 g/mol. The predicted octanol–water partition coefficient (Wildman–Crippen LogP) is 5.31. The standard InChI is InChI=1S/C29H25FN4O4/c1-3-20(28-32-29(35)38-33-28)27-21-10-8-17(12-18(21)15-37-25-13-19(30)9-11-22(25)27)14-34-24-7-5-4-6-23(24)31-26(34)16-36-2/h4-13H,3,14-16H2,1-2H3,(H,32,33,35). The van der Waals surface area contributed by atoms with E-state index in [-0.39, 0.29) is 12.4 Å². The molecule has 6 rings (SSSR count). The molecule has 0 spiro atoms. The molecule has 5 aromatic rings. The number of nitrogens with zero attached hydrogens (tertiary/aromatic N) is 3. The first-order chi connectivity index (χ1) is 18.6. The second-order valence-corrected chi connectivity index (χ2v) is 9.11. The summed E-state index contributed by atoms with van der Waals surface area (Å²) < 4.78 is 32.7. The van der Waals surface area contributed by atoms with E-state index in [1.54, 1.807) is 13.2 Å². The zero-order valence-corrected chi connectivity index (χ0v) is 21.0. The SMILES string of the molecule is CCC(=C1c2ccc(Cn3c(COC)nc4ccccc43)cc2COc2cc(F)ccc21)c1noc(=O)[nH]1. The van der Waals surface area contributed by atoms with E-state index in [2.05, 4.69) is 26.8 Å². The monoisotopic (exact) mass is 512 g/mol. The fourth-order valence-electron chi connectivity index (χ4n) is 5.10. The lowest BCUT2D eigenvalue weighted by Gasteiger charge is -2.16. The van der Waals surface area contributed by atoms with Gasteiger partial charge in [0.2, 0.25) is 0 Å². The Morgan fingerprint density at radius 2 is 1.97 bits per heavy atom. The number of rotatable bonds is 6. The van der Waals surface area contributed by atoms with Gasteiger partial charge < -0.3 is 14.0 Å². The van der Waals surface area contributed by atoms with Crippen molar-refractivity contribution in [2.24, 2.45) is 0 Å². The number of benzene rings is 3. The van der Waals surface area contributed by atoms with Crippen molar-refractivity contribution in [3.05, 3.63) is 111 Å². The number of nitrogens with one attached hydrogen (secondary N) is 1. The van der Waals surface area contributed by atoms with Gasteiger partial charge in [0.1, 0.15) is 30.6 Å². The minimum absolute atomic E-state index is 0.255. The maximum Gasteiger partial charge on any atom is 0.439 e. The molecule has 3 heterocycles. The van der Waals surface area contributed by atoms with Crippen LogP contribution in [0, 0.1) is 5.82 Å². The van der Waals surface area contributed by atoms with E-state index in [1.807, 2.05) is 37.3 Å². The molecule has 9 heteroatoms. The number of hydrogen-bond donors (Lipinski definition) is 1. The van der Waals surface area contributed by atoms with Crippen LogP contribution in [0.3, 0.4) is 0 Å². The third kappa shape index (κ3) is 4.20. The minimum atomic E-state index is -0.634. The summed E-state index contributed by atoms with van der Waals surface area (Å²) in [5.74, 6) is 0.587. The van der Waals surface area contributed by atoms with Gasteiger partial charge in [-0.05, 0) is 53.4 Å². The van der Waals surface area contributed by atoms with E-state index in [4.69, 9.17) is 19.0 Å². The molecule has 0 atom stereocenters. The van der Waals surface area contributed by atoms with Crippen LogP contribution < -0.4 is 10.5 Å². The van der Waals surface area contributed by atoms with Crippen molar-refractivity contribution < 1.29 is 18.4 Å². The molecule has 3 aromatic carbocycles. The van der Waals surface area contributed by atoms with Crippen molar-refractivity contribution >= 4 is 22.2 Å². The topological polar surface area (TPSA) is 95.2 Å². The number of hydrogen-bond acceptors (Lipinski definition) is 6. The molecule has 0 fully saturated rings. The van der Waals surface area contributed by atoms with Crippen molar-refractivity contribution in [2.75, 3.05) is 7.11 Å². The van der Waals surface area contributed by atoms with Crippen LogP contribution in [-0.2, 0) is 24.5 Å². The van der Waals surface area contributed by atoms with E-state index >= 15 is 0 Å². The summed E-state index contributed by atoms with van der Waals surface area (Å²) in [6.07, 6.45) is 0.553. The number of imidazole rings is 1. The van der Waals surface area contributed by atoms with Gasteiger partial charge >= 0.3 is 5.76 Å². The first-order valence-corrected chi connectivity index (χ1v) is 12.3. The largest absolute Gasteiger partial charge is 0.488 e. The number of halogens is 1. The van der Waals surface area contributed by atoms with Crippen LogP contribution in [0.1, 0.15) is 47.2 Å². The molecule has 0 aliphatic carbocycles. The molecule has 0 bridgehead atoms. The van der Waals surface area contributed by atoms with Crippen molar-refractivity contribution in [1.29, 1.82) is 0 Å². The van der Waals surface area contributed by atoms with Crippen LogP contribution >= 0.6 is 0 Å². The summed E-state index contributed by atoms with van der Waals surface area (Å²) >= 11 is 0. The van der Waals surface area contributed by atoms with Gasteiger partial charge in [0.25, 0.3) is 0 Å². The average Bonchev–Trinajstić information content (AvgIpc) is 3.45. The van der Waals surface area contributed by atoms with Gasteiger partial charge in [0.15, 0.2) is 5.82 Å². The third-order valence-corrected chi connectivity index (χ3v) is 6.76. The number of para-hydroxylation sites is 2. The Balaban J connectivity index is 1.50. The molecule has 38 heavy (non-hydrogen) atoms. The van der Waals surface area contributed by atoms with Crippen LogP contribution in [0.5, 0.6) is 5.75 Å². The molecule has 1 N–H and O–H groups in total. The van der Waals surface area contributed by atoms with Crippen molar-refractivity contribution in [2.45, 2.75) is 33.1 Å². The molecule has 0 radical (unpaired) electrons. The Hall–Kier alpha value is -4.50. The van der Waals surface area contributed by atoms with Gasteiger partial charge in [-0.15, -0.1) is 0 Å². The Bertz CT molecular complexity index is 1750. The highest BCUT2D eigenvalue weighted by Crippen LogP contribution is 2.42. The number of ether oxygens (including phenoxy) is 2. The quantitative estimate of drug-likeness (QED) is 0.331. The van der Waals surface area contributed by atoms with E-state index in [1.165, 1.54) is 12.1 Å². The third-order valence-electron chi connectivity index (χ3n) is 6.76. The van der Waals surface area contributed by atoms with Crippen LogP contribution in [0.25, 0.3) is 22.2 Å². The number of allylic oxidation sites excluding steroid dienone is 1. The lowest BCUT2D eigenvalue weighted by atomic mass is 9.88. The molecule has 2 aromatic heterocycles. The Kier molecular flexibility index (Phi) is 6.13. The smallest absolute Gasteiger partial charge is 0.439 e. The average molecular weight is 513 g/mol. The van der Waals surface area contributed by atoms with Crippen LogP contribution in [0.15, 0.2) is 70.0 Å². The van der Waals surface area contributed by atoms with Gasteiger partial charge in [0, 0.05) is 36.4 Å². The van der Waals surface area contributed by atoms with Crippen LogP contribution in [0.2, 0.25) is 0 Å². The maximum absolute atomic E-state index is 14.2. The fourth-order valence-corrected chi connectivity index (χ4v) is 5.10. The van der Waals surface area contributed by atoms with E-state index in [0.29, 0.717) is 31.1 Å². The Morgan fingerprint density at radius 3 is 2.76 bits per heavy atom. The normalized spacial score (nSPS) is 14.1. The second-order valence-electron chi connectivity index (χ2n) is 9.11. The number of aromatic nitrogens is 4. The summed E-state index contributed by atoms with van der Waals surface area (Å²) in [6.45, 7) is 3.21. The summed E-state index contributed by atoms with van der Waals surface area (Å²) in [7, 11) is 1.66. The molecule has 192 valence electrons. The fraction of sp³-hybridized carbons (Fsp3) is 0.207. The summed E-state index contributed by atoms with van der Waals surface area (Å²) in [4.78, 5) is 19.2. The lowest BCUT2D eigenvalue weighted by molar-refractivity contribution is 0.175. The second kappa shape index (κ2) is 9.75. The van der Waals surface area contributed by atoms with E-state index in [9.17, 15) is 9.18 Å². The predicted molar refractivity (Wildman–Crippen MR) is 140 cm³/mol. The molecule has 8 nitrogen and oxygen atoms in total. The van der Waals surface area contributed by atoms with Crippen LogP contribution in [-0.4, -0.2) is 26.8 Å². The van der Waals surface area contributed by atoms with Crippen LogP contribution in [0.4, 0.5) is 4.39 Å². The van der Waals surface area contributed by atoms with E-state index < -0.39 is 5.76 Å². The molecule has 1 aliphatic heterocycles. The number of H-pyrrole nitrogens is 1. The summed E-state index contributed by atoms with van der Waals surface area (Å²) in [6, 6.07) is 18.7. The molecule has 0 saturated heterocycles. The van der Waals surface area contributed by atoms with E-state index in [0.717, 1.165) is 50.3 Å². The number of methoxy groups -OCH3 is 1. The Morgan fingerprint density at radius 1 is 1.13 bits per heavy atom. The van der Waals surface area contributed by atoms with Gasteiger partial charge in [-0.3, -0.25) is 9.51 Å². The van der Waals surface area contributed by atoms with Gasteiger partial charge in [-0.1, -0.05) is 36.3 Å². The summed E-state index contributed by atoms with van der Waals surface area (Å²) in [5, 5.41) is 3.94. The molecule has 0 unspecified atom stereocenters. The highest BCUT2D eigenvalue weighted by atomic mass is 19.1. The van der Waals surface area contributed by atoms with Gasteiger partial charge in [-0.2, -0.15) is 0 Å². The lowest BCUT2D eigenvalue weighted by Crippen LogP contribution is -2.07. The minimum Gasteiger partial charge on any atom is -0.488 e. The maximum atomic E-state index is 14.2. The molecule has 0 amide bonds. The molecule has 0 saturated carbocycles. The van der Waals surface area contributed by atoms with Crippen molar-refractivity contribution in [1.82, 2.24) is 19.7 Å². The van der Waals surface area contributed by atoms with Gasteiger partial charge in [-0.25, -0.2) is 14.2 Å². The highest BCUT2D eigenvalue weighted by molar-refractivity contribution is 5.99. The van der Waals surface area contributed by atoms with Crippen molar-refractivity contribution in [3.8, 4) is 5.75 Å². The molecule has 1 aliphatic rings. The zero-order valence-electron chi connectivity index (χ0n) is 21.0. The Labute approximate surface area is 217 Å². The van der Waals surface area contributed by atoms with Gasteiger partial charge in [0.05, 0.1) is 11.0 Å². The highest BCUT2D eigenvalue weighted by Gasteiger charge is 2.25. The van der Waals surface area contributed by atoms with Crippen molar-refractivity contribution in [3.63, 3.8) is 0 Å².